The summed E-state index contributed by atoms with van der Waals surface area (Å²) < 4.78 is 10.4. The number of amides is 2. The fourth-order valence-corrected chi connectivity index (χ4v) is 1.56. The number of carbonyl (C=O) groups excluding carboxylic acids is 2. The maximum absolute atomic E-state index is 12.2. The van der Waals surface area contributed by atoms with Crippen LogP contribution in [0.25, 0.3) is 0 Å². The average molecular weight is 318 g/mol. The Morgan fingerprint density at radius 1 is 1.09 bits per heavy atom. The van der Waals surface area contributed by atoms with E-state index in [1.165, 1.54) is 0 Å². The highest BCUT2D eigenvalue weighted by molar-refractivity contribution is 5.74. The van der Waals surface area contributed by atoms with E-state index in [2.05, 4.69) is 5.43 Å². The van der Waals surface area contributed by atoms with Crippen LogP contribution in [0.3, 0.4) is 0 Å². The lowest BCUT2D eigenvalue weighted by molar-refractivity contribution is -0.00907. The standard InChI is InChI=1S/C15H30N2O5/c1-11(9-8-10-18)17(13(20)22-15(5,6)7)16-12(19)21-14(2,3)4/h11,18H,8-10H2,1-7H3,(H,16,19). The molecule has 1 atom stereocenters. The Morgan fingerprint density at radius 2 is 1.59 bits per heavy atom. The first-order chi connectivity index (χ1) is 9.85. The molecule has 2 amide bonds. The number of ether oxygens (including phenoxy) is 2. The van der Waals surface area contributed by atoms with Gasteiger partial charge in [0.25, 0.3) is 0 Å². The minimum absolute atomic E-state index is 0.0128. The lowest BCUT2D eigenvalue weighted by Crippen LogP contribution is -2.53. The molecule has 0 aliphatic rings. The van der Waals surface area contributed by atoms with Crippen molar-refractivity contribution in [2.24, 2.45) is 0 Å². The van der Waals surface area contributed by atoms with Crippen molar-refractivity contribution in [1.29, 1.82) is 0 Å². The molecule has 0 saturated carbocycles. The fourth-order valence-electron chi connectivity index (χ4n) is 1.56. The molecule has 0 spiro atoms. The summed E-state index contributed by atoms with van der Waals surface area (Å²) >= 11 is 0. The van der Waals surface area contributed by atoms with Crippen molar-refractivity contribution < 1.29 is 24.2 Å². The highest BCUT2D eigenvalue weighted by atomic mass is 16.6. The van der Waals surface area contributed by atoms with Gasteiger partial charge in [0.2, 0.25) is 0 Å². The van der Waals surface area contributed by atoms with Crippen LogP contribution in [0.1, 0.15) is 61.3 Å². The number of hydrogen-bond acceptors (Lipinski definition) is 5. The quantitative estimate of drug-likeness (QED) is 0.778. The lowest BCUT2D eigenvalue weighted by Gasteiger charge is -2.32. The minimum atomic E-state index is -0.728. The SMILES string of the molecule is CC(CCCO)N(NC(=O)OC(C)(C)C)C(=O)OC(C)(C)C. The van der Waals surface area contributed by atoms with Gasteiger partial charge in [-0.25, -0.2) is 20.0 Å². The summed E-state index contributed by atoms with van der Waals surface area (Å²) in [5, 5.41) is 10.0. The summed E-state index contributed by atoms with van der Waals surface area (Å²) in [5.74, 6) is 0. The van der Waals surface area contributed by atoms with E-state index in [1.807, 2.05) is 0 Å². The van der Waals surface area contributed by atoms with Gasteiger partial charge < -0.3 is 14.6 Å². The first-order valence-corrected chi connectivity index (χ1v) is 7.48. The first-order valence-electron chi connectivity index (χ1n) is 7.48. The minimum Gasteiger partial charge on any atom is -0.443 e. The molecule has 0 aromatic carbocycles. The smallest absolute Gasteiger partial charge is 0.429 e. The number of nitrogens with zero attached hydrogens (tertiary/aromatic N) is 1. The maximum Gasteiger partial charge on any atom is 0.429 e. The van der Waals surface area contributed by atoms with E-state index >= 15 is 0 Å². The number of carbonyl (C=O) groups is 2. The van der Waals surface area contributed by atoms with Crippen LogP contribution in [-0.4, -0.2) is 46.2 Å². The molecular weight excluding hydrogens is 288 g/mol. The third-order valence-electron chi connectivity index (χ3n) is 2.42. The number of hydrazine groups is 1. The van der Waals surface area contributed by atoms with Gasteiger partial charge in [-0.2, -0.15) is 0 Å². The van der Waals surface area contributed by atoms with E-state index in [4.69, 9.17) is 14.6 Å². The molecule has 130 valence electrons. The van der Waals surface area contributed by atoms with Gasteiger partial charge >= 0.3 is 12.2 Å². The third-order valence-corrected chi connectivity index (χ3v) is 2.42. The molecular formula is C15H30N2O5. The molecule has 7 nitrogen and oxygen atoms in total. The molecule has 0 aliphatic heterocycles. The second-order valence-corrected chi connectivity index (χ2v) is 7.18. The number of rotatable bonds is 4. The van der Waals surface area contributed by atoms with Crippen molar-refractivity contribution in [3.8, 4) is 0 Å². The molecule has 0 radical (unpaired) electrons. The summed E-state index contributed by atoms with van der Waals surface area (Å²) in [6.45, 7) is 12.2. The van der Waals surface area contributed by atoms with E-state index in [1.54, 1.807) is 48.5 Å². The van der Waals surface area contributed by atoms with Crippen molar-refractivity contribution >= 4 is 12.2 Å². The van der Waals surface area contributed by atoms with Crippen LogP contribution in [0.4, 0.5) is 9.59 Å². The topological polar surface area (TPSA) is 88.1 Å². The van der Waals surface area contributed by atoms with E-state index < -0.39 is 23.4 Å². The van der Waals surface area contributed by atoms with Gasteiger partial charge in [0.1, 0.15) is 11.2 Å². The van der Waals surface area contributed by atoms with Gasteiger partial charge in [0.15, 0.2) is 0 Å². The third kappa shape index (κ3) is 9.44. The molecule has 0 fully saturated rings. The zero-order valence-electron chi connectivity index (χ0n) is 14.7. The molecule has 0 aliphatic carbocycles. The monoisotopic (exact) mass is 318 g/mol. The van der Waals surface area contributed by atoms with Crippen molar-refractivity contribution in [1.82, 2.24) is 10.4 Å². The Morgan fingerprint density at radius 3 is 2.00 bits per heavy atom. The predicted octanol–water partition coefficient (Wildman–Crippen LogP) is 2.82. The zero-order valence-corrected chi connectivity index (χ0v) is 14.7. The normalized spacial score (nSPS) is 13.3. The van der Waals surface area contributed by atoms with Crippen molar-refractivity contribution in [2.45, 2.75) is 78.6 Å². The highest BCUT2D eigenvalue weighted by Crippen LogP contribution is 2.14. The van der Waals surface area contributed by atoms with E-state index in [0.29, 0.717) is 12.8 Å². The van der Waals surface area contributed by atoms with Gasteiger partial charge in [-0.1, -0.05) is 0 Å². The Balaban J connectivity index is 4.93. The molecule has 0 heterocycles. The second kappa shape index (κ2) is 8.22. The van der Waals surface area contributed by atoms with E-state index in [0.717, 1.165) is 5.01 Å². The number of nitrogens with one attached hydrogen (secondary N) is 1. The lowest BCUT2D eigenvalue weighted by atomic mass is 10.2. The van der Waals surface area contributed by atoms with Crippen LogP contribution >= 0.6 is 0 Å². The molecule has 7 heteroatoms. The van der Waals surface area contributed by atoms with Crippen LogP contribution in [0.5, 0.6) is 0 Å². The molecule has 2 N–H and O–H groups in total. The second-order valence-electron chi connectivity index (χ2n) is 7.18. The summed E-state index contributed by atoms with van der Waals surface area (Å²) in [7, 11) is 0. The Bertz CT molecular complexity index is 371. The van der Waals surface area contributed by atoms with Gasteiger partial charge in [-0.05, 0) is 61.3 Å². The number of hydrogen-bond donors (Lipinski definition) is 2. The van der Waals surface area contributed by atoms with Gasteiger partial charge in [0.05, 0.1) is 6.04 Å². The average Bonchev–Trinajstić information content (AvgIpc) is 2.28. The summed E-state index contributed by atoms with van der Waals surface area (Å²) in [5.41, 5.74) is 1.07. The molecule has 1 unspecified atom stereocenters. The molecule has 0 aromatic rings. The Kier molecular flexibility index (Phi) is 7.66. The van der Waals surface area contributed by atoms with Crippen LogP contribution < -0.4 is 5.43 Å². The predicted molar refractivity (Wildman–Crippen MR) is 83.2 cm³/mol. The van der Waals surface area contributed by atoms with Gasteiger partial charge in [0, 0.05) is 6.61 Å². The fraction of sp³-hybridized carbons (Fsp3) is 0.867. The van der Waals surface area contributed by atoms with Gasteiger partial charge in [-0.3, -0.25) is 0 Å². The largest absolute Gasteiger partial charge is 0.443 e. The van der Waals surface area contributed by atoms with Crippen LogP contribution in [0.2, 0.25) is 0 Å². The van der Waals surface area contributed by atoms with Gasteiger partial charge in [-0.15, -0.1) is 0 Å². The van der Waals surface area contributed by atoms with Crippen LogP contribution in [0, 0.1) is 0 Å². The number of aliphatic hydroxyl groups is 1. The molecule has 0 saturated heterocycles. The highest BCUT2D eigenvalue weighted by Gasteiger charge is 2.29. The zero-order chi connectivity index (χ0) is 17.6. The van der Waals surface area contributed by atoms with E-state index in [9.17, 15) is 9.59 Å². The molecule has 22 heavy (non-hydrogen) atoms. The van der Waals surface area contributed by atoms with Crippen molar-refractivity contribution in [2.75, 3.05) is 6.61 Å². The molecule has 0 aromatic heterocycles. The van der Waals surface area contributed by atoms with Crippen molar-refractivity contribution in [3.63, 3.8) is 0 Å². The first kappa shape index (κ1) is 20.5. The molecule has 0 rings (SSSR count). The Hall–Kier alpha value is -1.50. The number of aliphatic hydroxyl groups excluding tert-OH is 1. The maximum atomic E-state index is 12.2. The van der Waals surface area contributed by atoms with E-state index in [-0.39, 0.29) is 12.6 Å². The molecule has 0 bridgehead atoms. The Labute approximate surface area is 132 Å². The summed E-state index contributed by atoms with van der Waals surface area (Å²) in [6.07, 6.45) is -0.361. The van der Waals surface area contributed by atoms with Crippen molar-refractivity contribution in [3.05, 3.63) is 0 Å². The summed E-state index contributed by atoms with van der Waals surface area (Å²) in [6, 6.07) is -0.338. The summed E-state index contributed by atoms with van der Waals surface area (Å²) in [4.78, 5) is 24.1. The van der Waals surface area contributed by atoms with Crippen LogP contribution in [-0.2, 0) is 9.47 Å². The van der Waals surface area contributed by atoms with Crippen LogP contribution in [0.15, 0.2) is 0 Å².